The molecule has 0 saturated carbocycles. The Labute approximate surface area is 121 Å². The van der Waals surface area contributed by atoms with E-state index in [4.69, 9.17) is 5.73 Å². The van der Waals surface area contributed by atoms with Crippen LogP contribution in [-0.4, -0.2) is 15.9 Å². The van der Waals surface area contributed by atoms with Crippen molar-refractivity contribution in [2.75, 3.05) is 11.1 Å². The molecule has 0 atom stereocenters. The van der Waals surface area contributed by atoms with E-state index >= 15 is 0 Å². The van der Waals surface area contributed by atoms with E-state index in [1.165, 1.54) is 0 Å². The molecule has 5 heteroatoms. The van der Waals surface area contributed by atoms with Gasteiger partial charge in [0.1, 0.15) is 0 Å². The Balaban J connectivity index is 1.79. The largest absolute Gasteiger partial charge is 0.397 e. The molecule has 0 spiro atoms. The molecule has 3 aromatic rings. The molecule has 0 bridgehead atoms. The highest BCUT2D eigenvalue weighted by molar-refractivity contribution is 6.00. The monoisotopic (exact) mass is 278 g/mol. The lowest BCUT2D eigenvalue weighted by atomic mass is 10.2. The van der Waals surface area contributed by atoms with E-state index in [1.54, 1.807) is 24.5 Å². The zero-order chi connectivity index (χ0) is 14.7. The fraction of sp³-hybridized carbons (Fsp3) is 0.0625. The van der Waals surface area contributed by atoms with E-state index in [2.05, 4.69) is 15.3 Å². The van der Waals surface area contributed by atoms with Gasteiger partial charge in [0.25, 0.3) is 0 Å². The Morgan fingerprint density at radius 3 is 2.76 bits per heavy atom. The lowest BCUT2D eigenvalue weighted by Crippen LogP contribution is -2.15. The number of fused-ring (bicyclic) bond motifs is 1. The molecule has 0 unspecified atom stereocenters. The van der Waals surface area contributed by atoms with Crippen molar-refractivity contribution in [1.29, 1.82) is 0 Å². The van der Waals surface area contributed by atoms with Gasteiger partial charge in [0.2, 0.25) is 5.91 Å². The minimum atomic E-state index is -0.134. The van der Waals surface area contributed by atoms with Crippen molar-refractivity contribution < 1.29 is 4.79 Å². The molecule has 2 aromatic heterocycles. The van der Waals surface area contributed by atoms with Crippen molar-refractivity contribution in [3.63, 3.8) is 0 Å². The van der Waals surface area contributed by atoms with Crippen LogP contribution in [0.2, 0.25) is 0 Å². The molecule has 104 valence electrons. The van der Waals surface area contributed by atoms with Crippen LogP contribution in [0, 0.1) is 0 Å². The first-order valence-corrected chi connectivity index (χ1v) is 6.56. The molecule has 0 fully saturated rings. The van der Waals surface area contributed by atoms with Crippen LogP contribution < -0.4 is 11.1 Å². The summed E-state index contributed by atoms with van der Waals surface area (Å²) < 4.78 is 0. The zero-order valence-corrected chi connectivity index (χ0v) is 11.3. The fourth-order valence-corrected chi connectivity index (χ4v) is 2.10. The van der Waals surface area contributed by atoms with E-state index in [1.807, 2.05) is 30.3 Å². The number of hydrogen-bond donors (Lipinski definition) is 2. The summed E-state index contributed by atoms with van der Waals surface area (Å²) in [5, 5.41) is 3.86. The highest BCUT2D eigenvalue weighted by Crippen LogP contribution is 2.20. The Kier molecular flexibility index (Phi) is 3.47. The molecule has 5 nitrogen and oxygen atoms in total. The van der Waals surface area contributed by atoms with Crippen LogP contribution in [-0.2, 0) is 11.2 Å². The first-order valence-electron chi connectivity index (χ1n) is 6.56. The molecule has 0 radical (unpaired) electrons. The fourth-order valence-electron chi connectivity index (χ4n) is 2.10. The Hall–Kier alpha value is -2.95. The van der Waals surface area contributed by atoms with E-state index in [-0.39, 0.29) is 12.3 Å². The van der Waals surface area contributed by atoms with Crippen LogP contribution in [0.1, 0.15) is 5.69 Å². The second kappa shape index (κ2) is 5.58. The van der Waals surface area contributed by atoms with Crippen molar-refractivity contribution in [1.82, 2.24) is 9.97 Å². The van der Waals surface area contributed by atoms with Crippen LogP contribution >= 0.6 is 0 Å². The quantitative estimate of drug-likeness (QED) is 0.770. The molecule has 3 rings (SSSR count). The molecule has 2 heterocycles. The number of amides is 1. The second-order valence-corrected chi connectivity index (χ2v) is 4.69. The molecular weight excluding hydrogens is 264 g/mol. The number of nitrogens with one attached hydrogen (secondary N) is 1. The molecule has 1 amide bonds. The van der Waals surface area contributed by atoms with Gasteiger partial charge in [0.05, 0.1) is 29.5 Å². The van der Waals surface area contributed by atoms with Crippen LogP contribution in [0.4, 0.5) is 11.4 Å². The highest BCUT2D eigenvalue weighted by Gasteiger charge is 2.08. The number of nitrogens with zero attached hydrogens (tertiary/aromatic N) is 2. The van der Waals surface area contributed by atoms with Gasteiger partial charge >= 0.3 is 0 Å². The van der Waals surface area contributed by atoms with Crippen LogP contribution in [0.25, 0.3) is 10.9 Å². The van der Waals surface area contributed by atoms with E-state index in [0.717, 1.165) is 10.9 Å². The predicted octanol–water partition coefficient (Wildman–Crippen LogP) is 2.39. The number of para-hydroxylation sites is 1. The molecular formula is C16H14N4O. The van der Waals surface area contributed by atoms with Crippen LogP contribution in [0.3, 0.4) is 0 Å². The Morgan fingerprint density at radius 2 is 1.95 bits per heavy atom. The normalized spacial score (nSPS) is 10.5. The molecule has 0 saturated heterocycles. The van der Waals surface area contributed by atoms with Crippen molar-refractivity contribution in [3.05, 3.63) is 60.6 Å². The number of nitrogen functional groups attached to an aromatic ring is 1. The number of pyridine rings is 2. The Bertz CT molecular complexity index is 778. The predicted molar refractivity (Wildman–Crippen MR) is 82.7 cm³/mol. The third kappa shape index (κ3) is 2.97. The number of benzene rings is 1. The molecule has 3 N–H and O–H groups in total. The van der Waals surface area contributed by atoms with Gasteiger partial charge in [-0.05, 0) is 24.3 Å². The second-order valence-electron chi connectivity index (χ2n) is 4.69. The average molecular weight is 278 g/mol. The van der Waals surface area contributed by atoms with Crippen molar-refractivity contribution in [2.24, 2.45) is 0 Å². The van der Waals surface area contributed by atoms with Gasteiger partial charge in [-0.3, -0.25) is 14.8 Å². The van der Waals surface area contributed by atoms with Gasteiger partial charge in [0, 0.05) is 17.3 Å². The number of aromatic nitrogens is 2. The highest BCUT2D eigenvalue weighted by atomic mass is 16.1. The zero-order valence-electron chi connectivity index (χ0n) is 11.3. The number of rotatable bonds is 3. The van der Waals surface area contributed by atoms with Gasteiger partial charge in [0.15, 0.2) is 0 Å². The lowest BCUT2D eigenvalue weighted by Gasteiger charge is -2.07. The number of carbonyl (C=O) groups is 1. The van der Waals surface area contributed by atoms with Gasteiger partial charge in [-0.25, -0.2) is 0 Å². The molecule has 0 aliphatic rings. The maximum atomic E-state index is 12.1. The minimum absolute atomic E-state index is 0.134. The summed E-state index contributed by atoms with van der Waals surface area (Å²) in [6.45, 7) is 0. The van der Waals surface area contributed by atoms with Gasteiger partial charge in [-0.2, -0.15) is 0 Å². The van der Waals surface area contributed by atoms with E-state index in [0.29, 0.717) is 17.1 Å². The first-order chi connectivity index (χ1) is 10.2. The smallest absolute Gasteiger partial charge is 0.230 e. The Morgan fingerprint density at radius 1 is 1.10 bits per heavy atom. The maximum absolute atomic E-state index is 12.1. The molecule has 1 aromatic carbocycles. The summed E-state index contributed by atoms with van der Waals surface area (Å²) in [7, 11) is 0. The number of nitrogens with two attached hydrogens (primary N) is 1. The summed E-state index contributed by atoms with van der Waals surface area (Å²) in [4.78, 5) is 20.5. The number of anilines is 2. The van der Waals surface area contributed by atoms with Gasteiger partial charge < -0.3 is 11.1 Å². The van der Waals surface area contributed by atoms with E-state index in [9.17, 15) is 4.79 Å². The van der Waals surface area contributed by atoms with Crippen molar-refractivity contribution >= 4 is 28.2 Å². The standard InChI is InChI=1S/C16H14N4O/c17-12-6-7-13(19-10-12)9-15(21)20-14-5-1-3-11-4-2-8-18-16(11)14/h1-8,10H,9,17H2,(H,20,21). The summed E-state index contributed by atoms with van der Waals surface area (Å²) >= 11 is 0. The molecule has 21 heavy (non-hydrogen) atoms. The summed E-state index contributed by atoms with van der Waals surface area (Å²) in [6, 6.07) is 13.0. The van der Waals surface area contributed by atoms with Crippen molar-refractivity contribution in [2.45, 2.75) is 6.42 Å². The minimum Gasteiger partial charge on any atom is -0.397 e. The lowest BCUT2D eigenvalue weighted by molar-refractivity contribution is -0.115. The van der Waals surface area contributed by atoms with Crippen LogP contribution in [0.15, 0.2) is 54.9 Å². The average Bonchev–Trinajstić information content (AvgIpc) is 2.50. The summed E-state index contributed by atoms with van der Waals surface area (Å²) in [5.41, 5.74) is 8.31. The van der Waals surface area contributed by atoms with Gasteiger partial charge in [-0.1, -0.05) is 18.2 Å². The summed E-state index contributed by atoms with van der Waals surface area (Å²) in [5.74, 6) is -0.134. The molecule has 0 aliphatic heterocycles. The third-order valence-electron chi connectivity index (χ3n) is 3.10. The number of carbonyl (C=O) groups excluding carboxylic acids is 1. The molecule has 0 aliphatic carbocycles. The first kappa shape index (κ1) is 13.1. The number of hydrogen-bond acceptors (Lipinski definition) is 4. The topological polar surface area (TPSA) is 80.9 Å². The van der Waals surface area contributed by atoms with Crippen molar-refractivity contribution in [3.8, 4) is 0 Å². The maximum Gasteiger partial charge on any atom is 0.230 e. The van der Waals surface area contributed by atoms with E-state index < -0.39 is 0 Å². The van der Waals surface area contributed by atoms with Crippen LogP contribution in [0.5, 0.6) is 0 Å². The third-order valence-corrected chi connectivity index (χ3v) is 3.10. The van der Waals surface area contributed by atoms with Gasteiger partial charge in [-0.15, -0.1) is 0 Å². The summed E-state index contributed by atoms with van der Waals surface area (Å²) in [6.07, 6.45) is 3.45. The SMILES string of the molecule is Nc1ccc(CC(=O)Nc2cccc3cccnc23)nc1.